The van der Waals surface area contributed by atoms with E-state index >= 15 is 0 Å². The summed E-state index contributed by atoms with van der Waals surface area (Å²) in [4.78, 5) is 13.6. The average Bonchev–Trinajstić information content (AvgIpc) is 2.93. The maximum atomic E-state index is 11.4. The SMILES string of the molecule is CNC(=O)/C(C#N)=C\c1ccc(N2CCCCC2)o1. The van der Waals surface area contributed by atoms with Gasteiger partial charge in [-0.05, 0) is 25.3 Å². The Kier molecular flexibility index (Phi) is 4.24. The standard InChI is InChI=1S/C14H17N3O2/c1-16-14(18)11(10-15)9-12-5-6-13(19-12)17-7-3-2-4-8-17/h5-6,9H,2-4,7-8H2,1H3,(H,16,18)/b11-9-. The van der Waals surface area contributed by atoms with Gasteiger partial charge in [0.05, 0.1) is 0 Å². The van der Waals surface area contributed by atoms with Crippen molar-refractivity contribution in [2.75, 3.05) is 25.0 Å². The van der Waals surface area contributed by atoms with Gasteiger partial charge in [0.25, 0.3) is 5.91 Å². The van der Waals surface area contributed by atoms with Gasteiger partial charge in [0, 0.05) is 32.3 Å². The summed E-state index contributed by atoms with van der Waals surface area (Å²) in [5.41, 5.74) is 0.0436. The largest absolute Gasteiger partial charge is 0.441 e. The van der Waals surface area contributed by atoms with Crippen LogP contribution in [-0.2, 0) is 4.79 Å². The van der Waals surface area contributed by atoms with E-state index in [1.807, 2.05) is 12.1 Å². The summed E-state index contributed by atoms with van der Waals surface area (Å²) in [6, 6.07) is 5.53. The maximum Gasteiger partial charge on any atom is 0.261 e. The molecule has 0 aliphatic carbocycles. The van der Waals surface area contributed by atoms with Gasteiger partial charge in [0.2, 0.25) is 0 Å². The Hall–Kier alpha value is -2.22. The lowest BCUT2D eigenvalue weighted by Gasteiger charge is -2.25. The Morgan fingerprint density at radius 2 is 2.16 bits per heavy atom. The lowest BCUT2D eigenvalue weighted by Crippen LogP contribution is -2.28. The number of carbonyl (C=O) groups excluding carboxylic acids is 1. The van der Waals surface area contributed by atoms with E-state index < -0.39 is 5.91 Å². The van der Waals surface area contributed by atoms with Crippen molar-refractivity contribution in [3.8, 4) is 6.07 Å². The molecule has 1 aromatic heterocycles. The third-order valence-corrected chi connectivity index (χ3v) is 3.16. The van der Waals surface area contributed by atoms with Crippen molar-refractivity contribution in [2.24, 2.45) is 0 Å². The van der Waals surface area contributed by atoms with E-state index in [1.165, 1.54) is 32.4 Å². The fraction of sp³-hybridized carbons (Fsp3) is 0.429. The molecule has 5 nitrogen and oxygen atoms in total. The lowest BCUT2D eigenvalue weighted by molar-refractivity contribution is -0.116. The molecule has 1 aromatic rings. The summed E-state index contributed by atoms with van der Waals surface area (Å²) in [6.07, 6.45) is 5.08. The molecule has 1 N–H and O–H groups in total. The first kappa shape index (κ1) is 13.2. The first-order valence-corrected chi connectivity index (χ1v) is 6.43. The molecule has 0 radical (unpaired) electrons. The minimum Gasteiger partial charge on any atom is -0.441 e. The van der Waals surface area contributed by atoms with Crippen LogP contribution in [0.3, 0.4) is 0 Å². The molecular weight excluding hydrogens is 242 g/mol. The second kappa shape index (κ2) is 6.10. The number of anilines is 1. The van der Waals surface area contributed by atoms with Gasteiger partial charge in [-0.15, -0.1) is 0 Å². The minimum absolute atomic E-state index is 0.0436. The maximum absolute atomic E-state index is 11.4. The first-order valence-electron chi connectivity index (χ1n) is 6.43. The van der Waals surface area contributed by atoms with E-state index in [0.29, 0.717) is 5.76 Å². The van der Waals surface area contributed by atoms with Crippen molar-refractivity contribution >= 4 is 17.9 Å². The summed E-state index contributed by atoms with van der Waals surface area (Å²) in [6.45, 7) is 1.99. The smallest absolute Gasteiger partial charge is 0.261 e. The highest BCUT2D eigenvalue weighted by Gasteiger charge is 2.14. The van der Waals surface area contributed by atoms with Crippen LogP contribution < -0.4 is 10.2 Å². The normalized spacial score (nSPS) is 16.0. The molecule has 5 heteroatoms. The third-order valence-electron chi connectivity index (χ3n) is 3.16. The van der Waals surface area contributed by atoms with Gasteiger partial charge in [-0.3, -0.25) is 4.79 Å². The predicted octanol–water partition coefficient (Wildman–Crippen LogP) is 1.92. The van der Waals surface area contributed by atoms with Crippen molar-refractivity contribution < 1.29 is 9.21 Å². The molecule has 0 atom stereocenters. The molecule has 0 spiro atoms. The van der Waals surface area contributed by atoms with Gasteiger partial charge in [0.1, 0.15) is 17.4 Å². The monoisotopic (exact) mass is 259 g/mol. The number of rotatable bonds is 3. The molecule has 0 bridgehead atoms. The van der Waals surface area contributed by atoms with Crippen LogP contribution >= 0.6 is 0 Å². The highest BCUT2D eigenvalue weighted by atomic mass is 16.4. The number of carbonyl (C=O) groups is 1. The van der Waals surface area contributed by atoms with Gasteiger partial charge in [-0.25, -0.2) is 0 Å². The fourth-order valence-electron chi connectivity index (χ4n) is 2.13. The highest BCUT2D eigenvalue weighted by Crippen LogP contribution is 2.23. The van der Waals surface area contributed by atoms with E-state index in [4.69, 9.17) is 9.68 Å². The minimum atomic E-state index is -0.404. The number of nitrogens with one attached hydrogen (secondary N) is 1. The zero-order valence-corrected chi connectivity index (χ0v) is 11.0. The van der Waals surface area contributed by atoms with Crippen molar-refractivity contribution in [2.45, 2.75) is 19.3 Å². The van der Waals surface area contributed by atoms with E-state index in [0.717, 1.165) is 19.0 Å². The van der Waals surface area contributed by atoms with Crippen LogP contribution in [0.25, 0.3) is 6.08 Å². The second-order valence-electron chi connectivity index (χ2n) is 4.47. The molecule has 2 rings (SSSR count). The molecule has 0 unspecified atom stereocenters. The van der Waals surface area contributed by atoms with Crippen molar-refractivity contribution in [3.05, 3.63) is 23.5 Å². The molecule has 1 aliphatic heterocycles. The van der Waals surface area contributed by atoms with Crippen LogP contribution in [0.2, 0.25) is 0 Å². The summed E-state index contributed by atoms with van der Waals surface area (Å²) in [5.74, 6) is 0.930. The van der Waals surface area contributed by atoms with Crippen LogP contribution in [0, 0.1) is 11.3 Å². The molecule has 2 heterocycles. The summed E-state index contributed by atoms with van der Waals surface area (Å²) < 4.78 is 5.67. The van der Waals surface area contributed by atoms with Gasteiger partial charge >= 0.3 is 0 Å². The van der Waals surface area contributed by atoms with E-state index in [2.05, 4.69) is 10.2 Å². The van der Waals surface area contributed by atoms with Crippen LogP contribution in [-0.4, -0.2) is 26.0 Å². The van der Waals surface area contributed by atoms with Gasteiger partial charge in [-0.2, -0.15) is 5.26 Å². The van der Waals surface area contributed by atoms with Crippen molar-refractivity contribution in [3.63, 3.8) is 0 Å². The Morgan fingerprint density at radius 1 is 1.42 bits per heavy atom. The average molecular weight is 259 g/mol. The summed E-state index contributed by atoms with van der Waals surface area (Å²) in [7, 11) is 1.49. The Balaban J connectivity index is 2.14. The Bertz CT molecular complexity index is 519. The van der Waals surface area contributed by atoms with Crippen LogP contribution in [0.5, 0.6) is 0 Å². The number of nitrogens with zero attached hydrogens (tertiary/aromatic N) is 2. The first-order chi connectivity index (χ1) is 9.24. The molecule has 100 valence electrons. The number of nitriles is 1. The zero-order valence-electron chi connectivity index (χ0n) is 11.0. The van der Waals surface area contributed by atoms with E-state index in [-0.39, 0.29) is 5.57 Å². The molecule has 1 aliphatic rings. The molecule has 19 heavy (non-hydrogen) atoms. The Labute approximate surface area is 112 Å². The van der Waals surface area contributed by atoms with Crippen molar-refractivity contribution in [1.29, 1.82) is 5.26 Å². The van der Waals surface area contributed by atoms with Crippen LogP contribution in [0.4, 0.5) is 5.88 Å². The number of piperidine rings is 1. The Morgan fingerprint density at radius 3 is 2.79 bits per heavy atom. The molecule has 1 saturated heterocycles. The number of hydrogen-bond donors (Lipinski definition) is 1. The second-order valence-corrected chi connectivity index (χ2v) is 4.47. The number of amides is 1. The third kappa shape index (κ3) is 3.16. The summed E-state index contributed by atoms with van der Waals surface area (Å²) >= 11 is 0. The number of furan rings is 1. The highest BCUT2D eigenvalue weighted by molar-refractivity contribution is 6.01. The number of hydrogen-bond acceptors (Lipinski definition) is 4. The van der Waals surface area contributed by atoms with Gasteiger partial charge < -0.3 is 14.6 Å². The quantitative estimate of drug-likeness (QED) is 0.665. The van der Waals surface area contributed by atoms with E-state index in [1.54, 1.807) is 6.07 Å². The van der Waals surface area contributed by atoms with Crippen LogP contribution in [0.15, 0.2) is 22.1 Å². The summed E-state index contributed by atoms with van der Waals surface area (Å²) in [5, 5.41) is 11.3. The topological polar surface area (TPSA) is 69.3 Å². The number of likely N-dealkylation sites (N-methyl/N-ethyl adjacent to an activating group) is 1. The molecular formula is C14H17N3O2. The van der Waals surface area contributed by atoms with Crippen LogP contribution in [0.1, 0.15) is 25.0 Å². The fourth-order valence-corrected chi connectivity index (χ4v) is 2.13. The van der Waals surface area contributed by atoms with Crippen molar-refractivity contribution in [1.82, 2.24) is 5.32 Å². The zero-order chi connectivity index (χ0) is 13.7. The molecule has 1 fully saturated rings. The lowest BCUT2D eigenvalue weighted by atomic mass is 10.1. The van der Waals surface area contributed by atoms with Gasteiger partial charge in [-0.1, -0.05) is 0 Å². The molecule has 1 amide bonds. The predicted molar refractivity (Wildman–Crippen MR) is 72.4 cm³/mol. The van der Waals surface area contributed by atoms with Gasteiger partial charge in [0.15, 0.2) is 5.88 Å². The van der Waals surface area contributed by atoms with E-state index in [9.17, 15) is 4.79 Å². The molecule has 0 saturated carbocycles. The molecule has 0 aromatic carbocycles.